The average Bonchev–Trinajstić information content (AvgIpc) is 3.49. The number of nitrogens with zero attached hydrogens (tertiary/aromatic N) is 5. The van der Waals surface area contributed by atoms with Crippen molar-refractivity contribution in [1.29, 1.82) is 0 Å². The highest BCUT2D eigenvalue weighted by Gasteiger charge is 2.42. The Hall–Kier alpha value is -3.21. The summed E-state index contributed by atoms with van der Waals surface area (Å²) < 4.78 is 55.0. The fourth-order valence-corrected chi connectivity index (χ4v) is 4.56. The standard InChI is InChI=1S/C20H15ClF4N6O/c21-12-2-4-13(30-9-15(28-29-30)20(23,24)25)17(18(12)22)10-7-11-1-3-14(19-26-5-6-27-19)31(11)16(32)8-10/h2,4-6,8-9,11,14H,1,3,7H2,(H,26,27)/t11?,14-/m0/s1. The summed E-state index contributed by atoms with van der Waals surface area (Å²) in [6.45, 7) is 0. The number of carbonyl (C=O) groups is 1. The number of amides is 1. The lowest BCUT2D eigenvalue weighted by Crippen LogP contribution is -2.39. The van der Waals surface area contributed by atoms with Crippen LogP contribution in [-0.2, 0) is 11.0 Å². The minimum absolute atomic E-state index is 0.0166. The van der Waals surface area contributed by atoms with Crippen LogP contribution in [-0.4, -0.2) is 41.8 Å². The van der Waals surface area contributed by atoms with E-state index in [1.165, 1.54) is 18.2 Å². The first-order valence-corrected chi connectivity index (χ1v) is 10.1. The number of aromatic nitrogens is 5. The summed E-state index contributed by atoms with van der Waals surface area (Å²) in [5.74, 6) is -0.481. The highest BCUT2D eigenvalue weighted by Crippen LogP contribution is 2.43. The van der Waals surface area contributed by atoms with Gasteiger partial charge in [0.05, 0.1) is 22.9 Å². The maximum absolute atomic E-state index is 15.1. The maximum Gasteiger partial charge on any atom is 0.436 e. The number of carbonyl (C=O) groups excluding carboxylic acids is 1. The van der Waals surface area contributed by atoms with Gasteiger partial charge in [0.2, 0.25) is 5.91 Å². The Balaban J connectivity index is 1.56. The Morgan fingerprint density at radius 3 is 2.72 bits per heavy atom. The number of rotatable bonds is 3. The van der Waals surface area contributed by atoms with E-state index in [9.17, 15) is 18.0 Å². The molecule has 0 radical (unpaired) electrons. The van der Waals surface area contributed by atoms with Crippen molar-refractivity contribution in [3.8, 4) is 5.69 Å². The van der Waals surface area contributed by atoms with Gasteiger partial charge in [0.1, 0.15) is 5.82 Å². The number of hydrogen-bond donors (Lipinski definition) is 1. The van der Waals surface area contributed by atoms with E-state index in [2.05, 4.69) is 20.3 Å². The number of aromatic amines is 1. The summed E-state index contributed by atoms with van der Waals surface area (Å²) in [7, 11) is 0. The van der Waals surface area contributed by atoms with Gasteiger partial charge in [-0.25, -0.2) is 14.1 Å². The van der Waals surface area contributed by atoms with Crippen LogP contribution >= 0.6 is 11.6 Å². The van der Waals surface area contributed by atoms with Crippen molar-refractivity contribution in [3.63, 3.8) is 0 Å². The summed E-state index contributed by atoms with van der Waals surface area (Å²) in [5.41, 5.74) is -0.917. The molecule has 7 nitrogen and oxygen atoms in total. The fraction of sp³-hybridized carbons (Fsp3) is 0.300. The number of halogens is 5. The molecule has 0 aliphatic carbocycles. The van der Waals surface area contributed by atoms with Gasteiger partial charge in [0, 0.05) is 30.1 Å². The predicted molar refractivity (Wildman–Crippen MR) is 105 cm³/mol. The van der Waals surface area contributed by atoms with Gasteiger partial charge in [0.25, 0.3) is 0 Å². The van der Waals surface area contributed by atoms with Gasteiger partial charge in [-0.15, -0.1) is 5.10 Å². The van der Waals surface area contributed by atoms with Crippen LogP contribution in [0.2, 0.25) is 5.02 Å². The van der Waals surface area contributed by atoms with Crippen molar-refractivity contribution in [2.75, 3.05) is 0 Å². The van der Waals surface area contributed by atoms with Crippen LogP contribution < -0.4 is 0 Å². The van der Waals surface area contributed by atoms with E-state index in [0.717, 1.165) is 4.68 Å². The van der Waals surface area contributed by atoms with E-state index >= 15 is 4.39 Å². The molecule has 4 heterocycles. The van der Waals surface area contributed by atoms with Gasteiger partial charge in [-0.05, 0) is 37.0 Å². The number of fused-ring (bicyclic) bond motifs is 1. The molecule has 2 aromatic heterocycles. The van der Waals surface area contributed by atoms with E-state index in [1.54, 1.807) is 17.3 Å². The molecular formula is C20H15ClF4N6O. The first kappa shape index (κ1) is 20.7. The number of alkyl halides is 3. The molecule has 1 N–H and O–H groups in total. The van der Waals surface area contributed by atoms with E-state index in [4.69, 9.17) is 11.6 Å². The smallest absolute Gasteiger partial charge is 0.347 e. The van der Waals surface area contributed by atoms with Crippen molar-refractivity contribution in [3.05, 3.63) is 64.7 Å². The molecule has 1 amide bonds. The molecule has 0 saturated carbocycles. The van der Waals surface area contributed by atoms with Crippen LogP contribution in [0.3, 0.4) is 0 Å². The highest BCUT2D eigenvalue weighted by molar-refractivity contribution is 6.31. The topological polar surface area (TPSA) is 79.7 Å². The molecule has 12 heteroatoms. The molecule has 166 valence electrons. The zero-order chi connectivity index (χ0) is 22.6. The van der Waals surface area contributed by atoms with Crippen LogP contribution in [0.1, 0.15) is 42.4 Å². The first-order valence-electron chi connectivity index (χ1n) is 9.74. The van der Waals surface area contributed by atoms with Gasteiger partial charge in [-0.1, -0.05) is 16.8 Å². The zero-order valence-electron chi connectivity index (χ0n) is 16.3. The van der Waals surface area contributed by atoms with Gasteiger partial charge >= 0.3 is 6.18 Å². The van der Waals surface area contributed by atoms with Gasteiger partial charge in [0.15, 0.2) is 11.5 Å². The monoisotopic (exact) mass is 466 g/mol. The third-order valence-corrected chi connectivity index (χ3v) is 6.06. The molecule has 0 bridgehead atoms. The Morgan fingerprint density at radius 1 is 1.22 bits per heavy atom. The van der Waals surface area contributed by atoms with Crippen molar-refractivity contribution in [2.24, 2.45) is 0 Å². The van der Waals surface area contributed by atoms with Crippen LogP contribution in [0, 0.1) is 5.82 Å². The van der Waals surface area contributed by atoms with Crippen LogP contribution in [0.5, 0.6) is 0 Å². The number of hydrogen-bond acceptors (Lipinski definition) is 4. The normalized spacial score (nSPS) is 21.1. The van der Waals surface area contributed by atoms with Crippen LogP contribution in [0.15, 0.2) is 36.8 Å². The zero-order valence-corrected chi connectivity index (χ0v) is 17.0. The van der Waals surface area contributed by atoms with E-state index in [0.29, 0.717) is 36.9 Å². The number of benzene rings is 1. The third-order valence-electron chi connectivity index (χ3n) is 5.77. The average molecular weight is 467 g/mol. The quantitative estimate of drug-likeness (QED) is 0.583. The molecule has 2 aliphatic heterocycles. The Bertz CT molecular complexity index is 1220. The largest absolute Gasteiger partial charge is 0.436 e. The summed E-state index contributed by atoms with van der Waals surface area (Å²) in [5, 5.41) is 6.44. The number of imidazole rings is 1. The van der Waals surface area contributed by atoms with Crippen LogP contribution in [0.25, 0.3) is 11.3 Å². The minimum Gasteiger partial charge on any atom is -0.347 e. The lowest BCUT2D eigenvalue weighted by Gasteiger charge is -2.33. The molecule has 1 saturated heterocycles. The van der Waals surface area contributed by atoms with Crippen molar-refractivity contribution < 1.29 is 22.4 Å². The molecule has 3 aromatic rings. The SMILES string of the molecule is O=C1C=C(c2c(-n3cc(C(F)(F)F)nn3)ccc(Cl)c2F)CC2CC[C@@H](c3ncc[nH]3)N12. The molecule has 1 unspecified atom stereocenters. The fourth-order valence-electron chi connectivity index (χ4n) is 4.40. The third kappa shape index (κ3) is 3.36. The van der Waals surface area contributed by atoms with E-state index < -0.39 is 17.7 Å². The first-order chi connectivity index (χ1) is 15.2. The number of H-pyrrole nitrogens is 1. The lowest BCUT2D eigenvalue weighted by molar-refractivity contribution is -0.141. The maximum atomic E-state index is 15.1. The Kier molecular flexibility index (Phi) is 4.81. The van der Waals surface area contributed by atoms with Crippen molar-refractivity contribution >= 4 is 23.1 Å². The highest BCUT2D eigenvalue weighted by atomic mass is 35.5. The predicted octanol–water partition coefficient (Wildman–Crippen LogP) is 4.32. The molecule has 5 rings (SSSR count). The molecule has 1 aromatic carbocycles. The summed E-state index contributed by atoms with van der Waals surface area (Å²) in [4.78, 5) is 22.0. The van der Waals surface area contributed by atoms with E-state index in [1.807, 2.05) is 0 Å². The van der Waals surface area contributed by atoms with E-state index in [-0.39, 0.29) is 34.3 Å². The van der Waals surface area contributed by atoms with Crippen molar-refractivity contribution in [1.82, 2.24) is 29.9 Å². The van der Waals surface area contributed by atoms with Gasteiger partial charge in [-0.3, -0.25) is 4.79 Å². The Labute approximate surface area is 183 Å². The molecule has 1 fully saturated rings. The number of nitrogens with one attached hydrogen (secondary N) is 1. The summed E-state index contributed by atoms with van der Waals surface area (Å²) >= 11 is 5.97. The van der Waals surface area contributed by atoms with Gasteiger partial charge < -0.3 is 9.88 Å². The molecule has 2 atom stereocenters. The second-order valence-corrected chi connectivity index (χ2v) is 8.05. The Morgan fingerprint density at radius 2 is 2.03 bits per heavy atom. The molecule has 0 spiro atoms. The molecule has 32 heavy (non-hydrogen) atoms. The second-order valence-electron chi connectivity index (χ2n) is 7.64. The van der Waals surface area contributed by atoms with Crippen LogP contribution in [0.4, 0.5) is 17.6 Å². The van der Waals surface area contributed by atoms with Gasteiger partial charge in [-0.2, -0.15) is 13.2 Å². The lowest BCUT2D eigenvalue weighted by atomic mass is 9.92. The minimum atomic E-state index is -4.70. The second kappa shape index (κ2) is 7.44. The van der Waals surface area contributed by atoms with Crippen molar-refractivity contribution in [2.45, 2.75) is 37.5 Å². The summed E-state index contributed by atoms with van der Waals surface area (Å²) in [6.07, 6.45) is 2.24. The molecule has 2 aliphatic rings. The molecular weight excluding hydrogens is 452 g/mol. The summed E-state index contributed by atoms with van der Waals surface area (Å²) in [6, 6.07) is 2.16.